The molecule has 61 heavy (non-hydrogen) atoms. The maximum atomic E-state index is 17.3. The van der Waals surface area contributed by atoms with Gasteiger partial charge in [0.25, 0.3) is 0 Å². The summed E-state index contributed by atoms with van der Waals surface area (Å²) in [5, 5.41) is 1.61. The maximum absolute atomic E-state index is 17.3. The van der Waals surface area contributed by atoms with Gasteiger partial charge in [-0.1, -0.05) is 101 Å². The highest BCUT2D eigenvalue weighted by Gasteiger charge is 2.55. The highest BCUT2D eigenvalue weighted by molar-refractivity contribution is 7.00. The van der Waals surface area contributed by atoms with Gasteiger partial charge in [0.2, 0.25) is 0 Å². The largest absolute Gasteiger partial charge is 0.533 e. The minimum atomic E-state index is -3.26. The molecular weight excluding hydrogens is 783 g/mol. The molecule has 0 amide bonds. The van der Waals surface area contributed by atoms with E-state index in [0.717, 1.165) is 40.2 Å². The zero-order valence-electron chi connectivity index (χ0n) is 37.2. The Morgan fingerprint density at radius 3 is 2.02 bits per heavy atom. The number of aryl methyl sites for hydroxylation is 1. The molecular formula is C49H58BF2N5O3Si. The summed E-state index contributed by atoms with van der Waals surface area (Å²) in [6, 6.07) is 28.5. The van der Waals surface area contributed by atoms with Gasteiger partial charge in [-0.05, 0) is 104 Å². The van der Waals surface area contributed by atoms with E-state index in [-0.39, 0.29) is 42.5 Å². The molecule has 0 N–H and O–H groups in total. The summed E-state index contributed by atoms with van der Waals surface area (Å²) in [6.07, 6.45) is 3.45. The van der Waals surface area contributed by atoms with Crippen molar-refractivity contribution < 1.29 is 22.5 Å². The van der Waals surface area contributed by atoms with Gasteiger partial charge < -0.3 is 23.5 Å². The number of likely N-dealkylation sites (tertiary alicyclic amines) is 1. The van der Waals surface area contributed by atoms with Gasteiger partial charge in [0.05, 0.1) is 33.7 Å². The predicted octanol–water partition coefficient (Wildman–Crippen LogP) is 10.2. The Morgan fingerprint density at radius 2 is 1.44 bits per heavy atom. The molecule has 0 spiro atoms. The van der Waals surface area contributed by atoms with Gasteiger partial charge in [0.15, 0.2) is 5.82 Å². The number of aliphatic imine (C=N–C) groups is 1. The third kappa shape index (κ3) is 7.58. The maximum Gasteiger partial charge on any atom is 0.461 e. The van der Waals surface area contributed by atoms with Crippen LogP contribution in [0.25, 0.3) is 11.3 Å². The Kier molecular flexibility index (Phi) is 11.3. The van der Waals surface area contributed by atoms with Gasteiger partial charge in [-0.25, -0.2) is 18.8 Å². The van der Waals surface area contributed by atoms with E-state index in [1.807, 2.05) is 60.5 Å². The number of piperidine rings is 1. The zero-order valence-corrected chi connectivity index (χ0v) is 38.2. The molecule has 2 saturated heterocycles. The van der Waals surface area contributed by atoms with Crippen LogP contribution in [-0.4, -0.2) is 67.1 Å². The molecule has 2 fully saturated rings. The second kappa shape index (κ2) is 16.1. The summed E-state index contributed by atoms with van der Waals surface area (Å²) in [5.74, 6) is 0.399. The monoisotopic (exact) mass is 841 g/mol. The second-order valence-electron chi connectivity index (χ2n) is 19.1. The van der Waals surface area contributed by atoms with Gasteiger partial charge in [-0.3, -0.25) is 4.98 Å². The summed E-state index contributed by atoms with van der Waals surface area (Å²) < 4.78 is 54.4. The summed E-state index contributed by atoms with van der Waals surface area (Å²) >= 11 is 0. The summed E-state index contributed by atoms with van der Waals surface area (Å²) in [6.45, 7) is 22.7. The van der Waals surface area contributed by atoms with Crippen molar-refractivity contribution in [1.29, 1.82) is 0 Å². The molecule has 3 aliphatic rings. The fourth-order valence-electron chi connectivity index (χ4n) is 9.20. The molecule has 2 aromatic heterocycles. The molecule has 12 heteroatoms. The average Bonchev–Trinajstić information content (AvgIpc) is 3.45. The van der Waals surface area contributed by atoms with Crippen LogP contribution in [-0.2, 0) is 9.31 Å². The minimum Gasteiger partial charge on any atom is -0.533 e. The van der Waals surface area contributed by atoms with Crippen molar-refractivity contribution in [1.82, 2.24) is 14.9 Å². The van der Waals surface area contributed by atoms with Gasteiger partial charge in [0, 0.05) is 19.3 Å². The summed E-state index contributed by atoms with van der Waals surface area (Å²) in [4.78, 5) is 19.4. The van der Waals surface area contributed by atoms with Gasteiger partial charge in [-0.15, -0.1) is 0 Å². The molecule has 3 aromatic carbocycles. The fourth-order valence-corrected chi connectivity index (χ4v) is 13.6. The Hall–Kier alpha value is -4.91. The lowest BCUT2D eigenvalue weighted by atomic mass is 9.66. The standard InChI is InChI=1S/C49H58BF2N5O3Si/c1-32(2)42-44(33(3)24-27-53-42)57-31-54-45(56-28-25-34(26-29-56)50-59-48(7,8)49(9,10)60-50)37-30-39(52)43(55-46(37)57)41-38(51)22-17-23-40(41)58-61(47(4,5)6,35-18-13-11-14-19-35)36-20-15-12-16-21-36/h11-24,27,30,32,34H,25-26,28-29,31H2,1-10H3. The number of amidine groups is 1. The van der Waals surface area contributed by atoms with Crippen molar-refractivity contribution in [3.63, 3.8) is 0 Å². The Bertz CT molecular complexity index is 2380. The van der Waals surface area contributed by atoms with E-state index in [9.17, 15) is 0 Å². The number of aromatic nitrogens is 2. The number of pyridine rings is 2. The Morgan fingerprint density at radius 1 is 0.836 bits per heavy atom. The van der Waals surface area contributed by atoms with Crippen LogP contribution >= 0.6 is 0 Å². The molecule has 5 heterocycles. The van der Waals surface area contributed by atoms with Crippen molar-refractivity contribution in [2.45, 2.75) is 110 Å². The molecule has 0 unspecified atom stereocenters. The molecule has 318 valence electrons. The van der Waals surface area contributed by atoms with E-state index < -0.39 is 36.2 Å². The number of hydrogen-bond donors (Lipinski definition) is 0. The van der Waals surface area contributed by atoms with Crippen LogP contribution < -0.4 is 19.7 Å². The van der Waals surface area contributed by atoms with Crippen molar-refractivity contribution in [2.24, 2.45) is 4.99 Å². The summed E-state index contributed by atoms with van der Waals surface area (Å²) in [5.41, 5.74) is 2.32. The predicted molar refractivity (Wildman–Crippen MR) is 245 cm³/mol. The van der Waals surface area contributed by atoms with Crippen LogP contribution in [0, 0.1) is 18.6 Å². The number of fused-ring (bicyclic) bond motifs is 1. The van der Waals surface area contributed by atoms with Gasteiger partial charge >= 0.3 is 15.4 Å². The molecule has 3 aliphatic heterocycles. The molecule has 5 aromatic rings. The van der Waals surface area contributed by atoms with Crippen molar-refractivity contribution in [3.05, 3.63) is 126 Å². The number of anilines is 2. The highest BCUT2D eigenvalue weighted by atomic mass is 28.4. The summed E-state index contributed by atoms with van der Waals surface area (Å²) in [7, 11) is -3.56. The van der Waals surface area contributed by atoms with Crippen molar-refractivity contribution in [2.75, 3.05) is 24.7 Å². The first-order chi connectivity index (χ1) is 28.9. The SMILES string of the molecule is Cc1ccnc(C(C)C)c1N1CN=C(N2CCC(B3OC(C)(C)C(C)(C)O3)CC2)c2cc(F)c(-c3c(F)cccc3O[Si](c3ccccc3)(c3ccccc3)C(C)(C)C)nc21. The lowest BCUT2D eigenvalue weighted by molar-refractivity contribution is 0.00578. The van der Waals surface area contributed by atoms with E-state index in [0.29, 0.717) is 30.3 Å². The molecule has 0 atom stereocenters. The number of nitrogens with zero attached hydrogens (tertiary/aromatic N) is 5. The van der Waals surface area contributed by atoms with Gasteiger partial charge in [-0.2, -0.15) is 0 Å². The molecule has 0 aliphatic carbocycles. The Balaban J connectivity index is 1.25. The first-order valence-corrected chi connectivity index (χ1v) is 23.5. The van der Waals surface area contributed by atoms with Crippen LogP contribution in [0.2, 0.25) is 10.9 Å². The third-order valence-electron chi connectivity index (χ3n) is 13.2. The molecule has 8 rings (SSSR count). The van der Waals surface area contributed by atoms with E-state index in [1.54, 1.807) is 12.1 Å². The van der Waals surface area contributed by atoms with Crippen LogP contribution in [0.5, 0.6) is 5.75 Å². The van der Waals surface area contributed by atoms with E-state index in [4.69, 9.17) is 28.7 Å². The van der Waals surface area contributed by atoms with Crippen LogP contribution in [0.3, 0.4) is 0 Å². The smallest absolute Gasteiger partial charge is 0.461 e. The highest BCUT2D eigenvalue weighted by Crippen LogP contribution is 2.46. The number of halogens is 2. The average molecular weight is 842 g/mol. The second-order valence-corrected chi connectivity index (χ2v) is 23.3. The van der Waals surface area contributed by atoms with Crippen LogP contribution in [0.4, 0.5) is 20.3 Å². The number of benzene rings is 3. The fraction of sp³-hybridized carbons (Fsp3) is 0.408. The number of rotatable bonds is 8. The molecule has 0 saturated carbocycles. The van der Waals surface area contributed by atoms with Crippen molar-refractivity contribution >= 4 is 43.2 Å². The Labute approximate surface area is 361 Å². The first-order valence-electron chi connectivity index (χ1n) is 21.6. The lowest BCUT2D eigenvalue weighted by Gasteiger charge is -2.43. The van der Waals surface area contributed by atoms with Gasteiger partial charge in [0.1, 0.15) is 35.6 Å². The topological polar surface area (TPSA) is 72.3 Å². The van der Waals surface area contributed by atoms with E-state index in [1.165, 1.54) is 12.1 Å². The quantitative estimate of drug-likeness (QED) is 0.144. The van der Waals surface area contributed by atoms with Crippen LogP contribution in [0.15, 0.2) is 102 Å². The minimum absolute atomic E-state index is 0.0185. The first kappa shape index (κ1) is 42.8. The lowest BCUT2D eigenvalue weighted by Crippen LogP contribution is -2.68. The molecule has 0 bridgehead atoms. The molecule has 0 radical (unpaired) electrons. The van der Waals surface area contributed by atoms with E-state index >= 15 is 8.78 Å². The number of hydrogen-bond acceptors (Lipinski definition) is 8. The third-order valence-corrected chi connectivity index (χ3v) is 18.1. The van der Waals surface area contributed by atoms with Crippen molar-refractivity contribution in [3.8, 4) is 17.0 Å². The van der Waals surface area contributed by atoms with Crippen LogP contribution in [0.1, 0.15) is 97.9 Å². The van der Waals surface area contributed by atoms with E-state index in [2.05, 4.69) is 91.5 Å². The molecule has 8 nitrogen and oxygen atoms in total. The normalized spacial score (nSPS) is 18.0. The zero-order chi connectivity index (χ0) is 43.5.